The molecule has 2 heterocycles. The molecule has 0 aliphatic heterocycles. The van der Waals surface area contributed by atoms with Crippen molar-refractivity contribution in [3.05, 3.63) is 102 Å². The summed E-state index contributed by atoms with van der Waals surface area (Å²) in [5, 5.41) is 5.40. The van der Waals surface area contributed by atoms with E-state index in [4.69, 9.17) is 5.73 Å². The average Bonchev–Trinajstić information content (AvgIpc) is 3.33. The summed E-state index contributed by atoms with van der Waals surface area (Å²) in [6.45, 7) is 0. The molecule has 0 spiro atoms. The summed E-state index contributed by atoms with van der Waals surface area (Å²) in [5.74, 6) is -1.55. The van der Waals surface area contributed by atoms with Gasteiger partial charge in [0.1, 0.15) is 11.5 Å². The zero-order chi connectivity index (χ0) is 27.7. The summed E-state index contributed by atoms with van der Waals surface area (Å²) >= 11 is 0. The lowest BCUT2D eigenvalue weighted by atomic mass is 10.0. The summed E-state index contributed by atoms with van der Waals surface area (Å²) in [7, 11) is 0. The van der Waals surface area contributed by atoms with Gasteiger partial charge >= 0.3 is 12.2 Å². The van der Waals surface area contributed by atoms with Crippen LogP contribution in [-0.2, 0) is 6.18 Å². The fourth-order valence-corrected chi connectivity index (χ4v) is 4.10. The molecular formula is C28H19F4N5O2. The monoisotopic (exact) mass is 533 g/mol. The molecule has 2 aromatic heterocycles. The van der Waals surface area contributed by atoms with Crippen LogP contribution in [0.15, 0.2) is 85.2 Å². The van der Waals surface area contributed by atoms with Crippen molar-refractivity contribution < 1.29 is 27.2 Å². The van der Waals surface area contributed by atoms with Crippen LogP contribution in [0.1, 0.15) is 15.9 Å². The Morgan fingerprint density at radius 3 is 2.41 bits per heavy atom. The minimum absolute atomic E-state index is 0.324. The van der Waals surface area contributed by atoms with Crippen molar-refractivity contribution in [2.45, 2.75) is 6.18 Å². The number of carbonyl (C=O) groups is 2. The number of aromatic amines is 1. The van der Waals surface area contributed by atoms with Gasteiger partial charge in [-0.25, -0.2) is 14.2 Å². The zero-order valence-electron chi connectivity index (χ0n) is 19.9. The van der Waals surface area contributed by atoms with E-state index in [0.29, 0.717) is 40.7 Å². The number of benzene rings is 3. The molecule has 0 atom stereocenters. The Bertz CT molecular complexity index is 1730. The van der Waals surface area contributed by atoms with Crippen molar-refractivity contribution in [1.29, 1.82) is 0 Å². The lowest BCUT2D eigenvalue weighted by Gasteiger charge is -2.12. The van der Waals surface area contributed by atoms with Crippen LogP contribution in [0.5, 0.6) is 0 Å². The number of carbonyl (C=O) groups excluding carboxylic acids is 2. The lowest BCUT2D eigenvalue weighted by molar-refractivity contribution is -0.137. The Kier molecular flexibility index (Phi) is 6.48. The van der Waals surface area contributed by atoms with E-state index in [1.807, 2.05) is 12.1 Å². The molecule has 196 valence electrons. The van der Waals surface area contributed by atoms with Crippen molar-refractivity contribution in [2.75, 3.05) is 10.6 Å². The second-order valence-corrected chi connectivity index (χ2v) is 8.62. The second kappa shape index (κ2) is 9.93. The van der Waals surface area contributed by atoms with E-state index in [-0.39, 0.29) is 0 Å². The van der Waals surface area contributed by atoms with Gasteiger partial charge in [0.05, 0.1) is 11.3 Å². The normalized spacial score (nSPS) is 11.4. The molecule has 0 fully saturated rings. The number of nitrogens with two attached hydrogens (primary N) is 1. The largest absolute Gasteiger partial charge is 0.416 e. The number of H-pyrrole nitrogens is 1. The highest BCUT2D eigenvalue weighted by Gasteiger charge is 2.31. The maximum Gasteiger partial charge on any atom is 0.416 e. The maximum atomic E-state index is 14.0. The molecule has 7 nitrogen and oxygen atoms in total. The number of amides is 3. The lowest BCUT2D eigenvalue weighted by Crippen LogP contribution is -2.20. The minimum atomic E-state index is -4.69. The van der Waals surface area contributed by atoms with Crippen LogP contribution in [0.4, 0.5) is 33.7 Å². The number of hydrogen-bond acceptors (Lipinski definition) is 3. The first-order valence-corrected chi connectivity index (χ1v) is 11.5. The fourth-order valence-electron chi connectivity index (χ4n) is 4.10. The van der Waals surface area contributed by atoms with Gasteiger partial charge in [0, 0.05) is 40.2 Å². The fraction of sp³-hybridized carbons (Fsp3) is 0.0357. The number of anilines is 2. The highest BCUT2D eigenvalue weighted by Crippen LogP contribution is 2.33. The minimum Gasteiger partial charge on any atom is -0.366 e. The number of fused-ring (bicyclic) bond motifs is 1. The molecule has 0 aliphatic rings. The van der Waals surface area contributed by atoms with E-state index in [9.17, 15) is 27.2 Å². The van der Waals surface area contributed by atoms with Crippen LogP contribution < -0.4 is 16.4 Å². The Morgan fingerprint density at radius 1 is 0.872 bits per heavy atom. The van der Waals surface area contributed by atoms with Gasteiger partial charge in [-0.3, -0.25) is 4.79 Å². The molecule has 0 aliphatic carbocycles. The van der Waals surface area contributed by atoms with Gasteiger partial charge in [-0.2, -0.15) is 13.2 Å². The van der Waals surface area contributed by atoms with Crippen LogP contribution in [0.2, 0.25) is 0 Å². The topological polar surface area (TPSA) is 113 Å². The van der Waals surface area contributed by atoms with Gasteiger partial charge in [0.2, 0.25) is 5.91 Å². The molecule has 11 heteroatoms. The van der Waals surface area contributed by atoms with Gasteiger partial charge in [0.15, 0.2) is 0 Å². The summed E-state index contributed by atoms with van der Waals surface area (Å²) in [5.41, 5.74) is 7.98. The van der Waals surface area contributed by atoms with Gasteiger partial charge in [-0.05, 0) is 59.7 Å². The van der Waals surface area contributed by atoms with Crippen LogP contribution in [0.3, 0.4) is 0 Å². The van der Waals surface area contributed by atoms with Crippen molar-refractivity contribution in [1.82, 2.24) is 9.97 Å². The number of primary amides is 1. The predicted octanol–water partition coefficient (Wildman–Crippen LogP) is 6.80. The molecule has 5 N–H and O–H groups in total. The Balaban J connectivity index is 1.40. The number of rotatable bonds is 5. The van der Waals surface area contributed by atoms with Crippen molar-refractivity contribution in [3.8, 4) is 22.3 Å². The van der Waals surface area contributed by atoms with E-state index in [0.717, 1.165) is 22.1 Å². The van der Waals surface area contributed by atoms with Crippen LogP contribution in [0.25, 0.3) is 33.3 Å². The average molecular weight is 533 g/mol. The Morgan fingerprint density at radius 2 is 1.64 bits per heavy atom. The number of pyridine rings is 1. The SMILES string of the molecule is NC(=O)c1cccc(-c2cnc3[nH]cc(-c4cccc(NC(=O)Nc5cc(C(F)(F)F)ccc5F)c4)c3c2)c1. The Labute approximate surface area is 218 Å². The van der Waals surface area contributed by atoms with Crippen LogP contribution in [-0.4, -0.2) is 21.9 Å². The first-order valence-electron chi connectivity index (χ1n) is 11.5. The smallest absolute Gasteiger partial charge is 0.366 e. The van der Waals surface area contributed by atoms with Crippen LogP contribution in [0, 0.1) is 5.82 Å². The summed E-state index contributed by atoms with van der Waals surface area (Å²) in [6, 6.07) is 16.3. The van der Waals surface area contributed by atoms with E-state index < -0.39 is 35.2 Å². The summed E-state index contributed by atoms with van der Waals surface area (Å²) in [4.78, 5) is 31.6. The molecule has 3 aromatic carbocycles. The standard InChI is InChI=1S/C28H19F4N5O2/c29-23-8-7-19(28(30,31)32)12-24(23)37-27(39)36-20-6-2-4-16(10-20)22-14-35-26-21(22)11-18(13-34-26)15-3-1-5-17(9-15)25(33)38/h1-14H,(H2,33,38)(H,34,35)(H2,36,37,39). The highest BCUT2D eigenvalue weighted by molar-refractivity contribution is 6.01. The molecule has 0 unspecified atom stereocenters. The maximum absolute atomic E-state index is 14.0. The second-order valence-electron chi connectivity index (χ2n) is 8.62. The van der Waals surface area contributed by atoms with Crippen LogP contribution >= 0.6 is 0 Å². The third-order valence-electron chi connectivity index (χ3n) is 5.98. The molecule has 0 saturated heterocycles. The number of nitrogens with zero attached hydrogens (tertiary/aromatic N) is 1. The highest BCUT2D eigenvalue weighted by atomic mass is 19.4. The van der Waals surface area contributed by atoms with Crippen molar-refractivity contribution in [2.24, 2.45) is 5.73 Å². The number of halogens is 4. The molecule has 0 radical (unpaired) electrons. The van der Waals surface area contributed by atoms with Gasteiger partial charge in [0.25, 0.3) is 0 Å². The number of alkyl halides is 3. The third-order valence-corrected chi connectivity index (χ3v) is 5.98. The number of hydrogen-bond donors (Lipinski definition) is 4. The number of aromatic nitrogens is 2. The molecule has 5 rings (SSSR count). The zero-order valence-corrected chi connectivity index (χ0v) is 19.9. The van der Waals surface area contributed by atoms with Gasteiger partial charge in [-0.1, -0.05) is 24.3 Å². The van der Waals surface area contributed by atoms with Gasteiger partial charge in [-0.15, -0.1) is 0 Å². The molecule has 39 heavy (non-hydrogen) atoms. The van der Waals surface area contributed by atoms with Gasteiger partial charge < -0.3 is 21.4 Å². The third kappa shape index (κ3) is 5.42. The summed E-state index contributed by atoms with van der Waals surface area (Å²) in [6.07, 6.45) is -1.27. The van der Waals surface area contributed by atoms with Crippen molar-refractivity contribution >= 4 is 34.3 Å². The molecule has 5 aromatic rings. The molecule has 3 amide bonds. The van der Waals surface area contributed by atoms with E-state index in [2.05, 4.69) is 20.6 Å². The quantitative estimate of drug-likeness (QED) is 0.186. The van der Waals surface area contributed by atoms with E-state index in [1.165, 1.54) is 0 Å². The molecule has 0 saturated carbocycles. The van der Waals surface area contributed by atoms with E-state index in [1.54, 1.807) is 54.9 Å². The number of urea groups is 1. The first kappa shape index (κ1) is 25.5. The molecule has 0 bridgehead atoms. The first-order chi connectivity index (χ1) is 18.6. The summed E-state index contributed by atoms with van der Waals surface area (Å²) < 4.78 is 52.9. The number of nitrogens with one attached hydrogen (secondary N) is 3. The van der Waals surface area contributed by atoms with Crippen molar-refractivity contribution in [3.63, 3.8) is 0 Å². The van der Waals surface area contributed by atoms with E-state index >= 15 is 0 Å². The Hall–Kier alpha value is -5.19. The molecular weight excluding hydrogens is 514 g/mol. The predicted molar refractivity (Wildman–Crippen MR) is 140 cm³/mol.